The zero-order valence-electron chi connectivity index (χ0n) is 42.6. The summed E-state index contributed by atoms with van der Waals surface area (Å²) < 4.78 is 7.63. The van der Waals surface area contributed by atoms with E-state index in [0.29, 0.717) is 0 Å². The Hall–Kier alpha value is -4.70. The first-order chi connectivity index (χ1) is 30.2. The molecule has 0 bridgehead atoms. The van der Waals surface area contributed by atoms with Gasteiger partial charge in [-0.05, 0) is 193 Å². The standard InChI is InChI=1S/C61H73BN2O/c1-36-29-49-52-50(30-36)64(38-19-17-37(18-20-38)55(2,3)4)53-40-32-43-46(61(15,16)28-25-58(43,9)10)35-51(40)65-54(53)62(52)47-33-44-45(60(13,14)27-26-59(44,11)12)34-48(47)63(49)39-21-22-41-42(31-39)57(7,8)24-23-56(41,5)6/h17-22,29-35H,23-28H2,1-16H3. The Morgan fingerprint density at radius 3 is 1.49 bits per heavy atom. The highest BCUT2D eigenvalue weighted by Crippen LogP contribution is 2.55. The summed E-state index contributed by atoms with van der Waals surface area (Å²) in [6, 6.07) is 32.2. The van der Waals surface area contributed by atoms with Crippen LogP contribution in [-0.2, 0) is 37.9 Å². The van der Waals surface area contributed by atoms with Crippen LogP contribution in [0, 0.1) is 6.92 Å². The predicted octanol–water partition coefficient (Wildman–Crippen LogP) is 15.2. The van der Waals surface area contributed by atoms with E-state index < -0.39 is 0 Å². The average molecular weight is 861 g/mol. The fourth-order valence-corrected chi connectivity index (χ4v) is 13.1. The maximum absolute atomic E-state index is 7.63. The third-order valence-corrected chi connectivity index (χ3v) is 17.8. The lowest BCUT2D eigenvalue weighted by Crippen LogP contribution is -2.61. The monoisotopic (exact) mass is 861 g/mol. The highest BCUT2D eigenvalue weighted by atomic mass is 16.3. The first-order valence-corrected chi connectivity index (χ1v) is 25.0. The molecule has 11 rings (SSSR count). The van der Waals surface area contributed by atoms with Crippen molar-refractivity contribution in [3.05, 3.63) is 123 Å². The Labute approximate surface area is 391 Å². The van der Waals surface area contributed by atoms with E-state index in [1.807, 2.05) is 0 Å². The molecule has 5 aliphatic rings. The number of hydrogen-bond acceptors (Lipinski definition) is 3. The second-order valence-corrected chi connectivity index (χ2v) is 26.3. The molecule has 1 aromatic heterocycles. The fourth-order valence-electron chi connectivity index (χ4n) is 13.1. The van der Waals surface area contributed by atoms with Crippen molar-refractivity contribution in [3.63, 3.8) is 0 Å². The molecular weight excluding hydrogens is 787 g/mol. The smallest absolute Gasteiger partial charge is 0.297 e. The lowest BCUT2D eigenvalue weighted by molar-refractivity contribution is 0.332. The number of nitrogens with zero attached hydrogens (tertiary/aromatic N) is 2. The van der Waals surface area contributed by atoms with Gasteiger partial charge in [-0.15, -0.1) is 0 Å². The molecule has 0 atom stereocenters. The van der Waals surface area contributed by atoms with Crippen LogP contribution in [0.2, 0.25) is 0 Å². The summed E-state index contributed by atoms with van der Waals surface area (Å²) in [5.41, 5.74) is 24.2. The summed E-state index contributed by atoms with van der Waals surface area (Å²) in [5, 5.41) is 1.22. The molecule has 0 amide bonds. The third-order valence-electron chi connectivity index (χ3n) is 17.8. The summed E-state index contributed by atoms with van der Waals surface area (Å²) in [4.78, 5) is 5.27. The van der Waals surface area contributed by atoms with Crippen LogP contribution in [0.4, 0.5) is 34.1 Å². The number of furan rings is 1. The molecule has 65 heavy (non-hydrogen) atoms. The van der Waals surface area contributed by atoms with E-state index in [1.165, 1.54) is 133 Å². The maximum Gasteiger partial charge on any atom is 0.297 e. The van der Waals surface area contributed by atoms with Gasteiger partial charge in [0.25, 0.3) is 6.71 Å². The topological polar surface area (TPSA) is 19.6 Å². The molecule has 0 unspecified atom stereocenters. The molecule has 0 spiro atoms. The van der Waals surface area contributed by atoms with Crippen molar-refractivity contribution in [2.45, 2.75) is 187 Å². The molecule has 3 aliphatic carbocycles. The van der Waals surface area contributed by atoms with E-state index in [4.69, 9.17) is 4.42 Å². The summed E-state index contributed by atoms with van der Waals surface area (Å²) in [6.07, 6.45) is 7.06. The van der Waals surface area contributed by atoms with Crippen molar-refractivity contribution < 1.29 is 4.42 Å². The van der Waals surface area contributed by atoms with E-state index in [-0.39, 0.29) is 44.6 Å². The zero-order chi connectivity index (χ0) is 46.3. The lowest BCUT2D eigenvalue weighted by Gasteiger charge is -2.47. The van der Waals surface area contributed by atoms with Crippen LogP contribution in [-0.4, -0.2) is 6.71 Å². The lowest BCUT2D eigenvalue weighted by atomic mass is 9.35. The minimum atomic E-state index is -0.0865. The fraction of sp³-hybridized carbons (Fsp3) is 0.475. The average Bonchev–Trinajstić information content (AvgIpc) is 3.60. The van der Waals surface area contributed by atoms with Crippen molar-refractivity contribution in [2.24, 2.45) is 0 Å². The quantitative estimate of drug-likeness (QED) is 0.161. The van der Waals surface area contributed by atoms with Gasteiger partial charge in [0, 0.05) is 33.8 Å². The molecular formula is C61H73BN2O. The number of hydrogen-bond donors (Lipinski definition) is 0. The number of benzene rings is 5. The van der Waals surface area contributed by atoms with Gasteiger partial charge < -0.3 is 14.2 Å². The van der Waals surface area contributed by atoms with Crippen LogP contribution in [0.5, 0.6) is 0 Å². The second kappa shape index (κ2) is 13.3. The number of anilines is 6. The first kappa shape index (κ1) is 42.9. The molecule has 5 aromatic carbocycles. The van der Waals surface area contributed by atoms with Crippen LogP contribution in [0.1, 0.15) is 187 Å². The number of fused-ring (bicyclic) bond motifs is 9. The molecule has 0 saturated carbocycles. The van der Waals surface area contributed by atoms with Gasteiger partial charge in [-0.3, -0.25) is 0 Å². The summed E-state index contributed by atoms with van der Waals surface area (Å²) >= 11 is 0. The van der Waals surface area contributed by atoms with Gasteiger partial charge >= 0.3 is 0 Å². The highest BCUT2D eigenvalue weighted by Gasteiger charge is 2.50. The van der Waals surface area contributed by atoms with E-state index in [9.17, 15) is 0 Å². The number of aryl methyl sites for hydroxylation is 1. The Kier molecular flexibility index (Phi) is 8.75. The van der Waals surface area contributed by atoms with Gasteiger partial charge in [0.1, 0.15) is 5.58 Å². The Bertz CT molecular complexity index is 3000. The summed E-state index contributed by atoms with van der Waals surface area (Å²) in [5.74, 6) is 0. The van der Waals surface area contributed by atoms with Gasteiger partial charge in [0.15, 0.2) is 0 Å². The van der Waals surface area contributed by atoms with Gasteiger partial charge in [-0.25, -0.2) is 0 Å². The van der Waals surface area contributed by atoms with E-state index in [1.54, 1.807) is 0 Å². The minimum Gasteiger partial charge on any atom is -0.468 e. The molecule has 3 nitrogen and oxygen atoms in total. The van der Waals surface area contributed by atoms with Crippen LogP contribution >= 0.6 is 0 Å². The first-order valence-electron chi connectivity index (χ1n) is 25.0. The molecule has 2 aliphatic heterocycles. The van der Waals surface area contributed by atoms with Crippen molar-refractivity contribution in [2.75, 3.05) is 9.80 Å². The molecule has 0 fully saturated rings. The largest absolute Gasteiger partial charge is 0.468 e. The molecule has 0 N–H and O–H groups in total. The Balaban J connectivity index is 1.27. The van der Waals surface area contributed by atoms with E-state index in [2.05, 4.69) is 199 Å². The third kappa shape index (κ3) is 6.19. The molecule has 4 heteroatoms. The molecule has 0 saturated heterocycles. The van der Waals surface area contributed by atoms with Crippen molar-refractivity contribution in [1.82, 2.24) is 0 Å². The van der Waals surface area contributed by atoms with Crippen molar-refractivity contribution in [3.8, 4) is 0 Å². The maximum atomic E-state index is 7.63. The van der Waals surface area contributed by atoms with Gasteiger partial charge in [-0.2, -0.15) is 0 Å². The SMILES string of the molecule is Cc1cc2c3c(c1)N(c1ccc(C(C)(C)C)cc1)c1c(oc4cc5c(cc14)C(C)(C)CCC5(C)C)B3c1cc3c(cc1N2c1ccc2c(c1)C(C)(C)CCC2(C)C)C(C)(C)CCC3(C)C. The van der Waals surface area contributed by atoms with Gasteiger partial charge in [-0.1, -0.05) is 128 Å². The second-order valence-electron chi connectivity index (χ2n) is 26.3. The Morgan fingerprint density at radius 1 is 0.477 bits per heavy atom. The Morgan fingerprint density at radius 2 is 0.938 bits per heavy atom. The van der Waals surface area contributed by atoms with Crippen LogP contribution in [0.15, 0.2) is 83.3 Å². The summed E-state index contributed by atoms with van der Waals surface area (Å²) in [7, 11) is 0. The number of rotatable bonds is 2. The van der Waals surface area contributed by atoms with Crippen LogP contribution < -0.4 is 26.4 Å². The molecule has 6 aromatic rings. The van der Waals surface area contributed by atoms with Gasteiger partial charge in [0.2, 0.25) is 0 Å². The van der Waals surface area contributed by atoms with Crippen LogP contribution in [0.25, 0.3) is 11.0 Å². The van der Waals surface area contributed by atoms with E-state index in [0.717, 1.165) is 11.2 Å². The van der Waals surface area contributed by atoms with Crippen molar-refractivity contribution >= 4 is 68.4 Å². The molecule has 336 valence electrons. The predicted molar refractivity (Wildman–Crippen MR) is 280 cm³/mol. The van der Waals surface area contributed by atoms with Crippen molar-refractivity contribution in [1.29, 1.82) is 0 Å². The van der Waals surface area contributed by atoms with Crippen LogP contribution in [0.3, 0.4) is 0 Å². The minimum absolute atomic E-state index is 0.0450. The summed E-state index contributed by atoms with van der Waals surface area (Å²) in [6.45, 7) is 38.7. The molecule has 0 radical (unpaired) electrons. The normalized spacial score (nSPS) is 21.2. The zero-order valence-corrected chi connectivity index (χ0v) is 42.6. The highest BCUT2D eigenvalue weighted by molar-refractivity contribution is 7.00. The molecule has 3 heterocycles. The van der Waals surface area contributed by atoms with E-state index >= 15 is 0 Å². The van der Waals surface area contributed by atoms with Gasteiger partial charge in [0.05, 0.1) is 11.3 Å².